The van der Waals surface area contributed by atoms with Crippen LogP contribution in [-0.4, -0.2) is 29.0 Å². The summed E-state index contributed by atoms with van der Waals surface area (Å²) in [5, 5.41) is -0.00659. The zero-order chi connectivity index (χ0) is 21.7. The summed E-state index contributed by atoms with van der Waals surface area (Å²) in [6.45, 7) is 4.36. The summed E-state index contributed by atoms with van der Waals surface area (Å²) < 4.78 is 51.5. The van der Waals surface area contributed by atoms with Crippen LogP contribution in [0.1, 0.15) is 26.7 Å². The Morgan fingerprint density at radius 2 is 2.20 bits per heavy atom. The topological polar surface area (TPSA) is 119 Å². The van der Waals surface area contributed by atoms with E-state index in [9.17, 15) is 17.6 Å². The van der Waals surface area contributed by atoms with Gasteiger partial charge >= 0.3 is 5.76 Å². The number of hydrogen-bond donors (Lipinski definition) is 2. The Balaban J connectivity index is 1.86. The van der Waals surface area contributed by atoms with Gasteiger partial charge in [0.25, 0.3) is 10.0 Å². The van der Waals surface area contributed by atoms with Gasteiger partial charge in [-0.25, -0.2) is 22.6 Å². The van der Waals surface area contributed by atoms with E-state index >= 15 is 0 Å². The summed E-state index contributed by atoms with van der Waals surface area (Å²) in [6, 6.07) is 1.91. The van der Waals surface area contributed by atoms with Gasteiger partial charge < -0.3 is 9.84 Å². The fraction of sp³-hybridized carbons (Fsp3) is 0.278. The number of benzene rings is 1. The molecule has 12 heteroatoms. The molecule has 160 valence electrons. The van der Waals surface area contributed by atoms with Crippen molar-refractivity contribution in [2.75, 3.05) is 16.7 Å². The molecule has 0 unspecified atom stereocenters. The van der Waals surface area contributed by atoms with Crippen LogP contribution in [0.25, 0.3) is 11.1 Å². The molecule has 0 atom stereocenters. The quantitative estimate of drug-likeness (QED) is 0.477. The van der Waals surface area contributed by atoms with Crippen molar-refractivity contribution in [2.24, 2.45) is 0 Å². The van der Waals surface area contributed by atoms with Gasteiger partial charge in [0.2, 0.25) is 5.13 Å². The monoisotopic (exact) mass is 453 g/mol. The Bertz CT molecular complexity index is 1240. The molecule has 3 rings (SSSR count). The van der Waals surface area contributed by atoms with Gasteiger partial charge in [-0.2, -0.15) is 9.05 Å². The van der Waals surface area contributed by atoms with Gasteiger partial charge in [-0.3, -0.25) is 4.72 Å². The van der Waals surface area contributed by atoms with Gasteiger partial charge in [0.1, 0.15) is 22.6 Å². The third-order valence-electron chi connectivity index (χ3n) is 4.20. The van der Waals surface area contributed by atoms with E-state index in [0.29, 0.717) is 13.0 Å². The molecule has 0 fully saturated rings. The van der Waals surface area contributed by atoms with E-state index < -0.39 is 26.5 Å². The first-order valence-corrected chi connectivity index (χ1v) is 11.3. The van der Waals surface area contributed by atoms with Gasteiger partial charge in [0.15, 0.2) is 5.58 Å². The zero-order valence-electron chi connectivity index (χ0n) is 16.3. The fourth-order valence-corrected chi connectivity index (χ4v) is 4.44. The molecule has 0 amide bonds. The SMILES string of the molecule is C/C=C\C=C(/CC)CCNn1c(=O)oc2cc(S(=O)(=O)Nc3ncns3)c(F)cc21. The molecule has 0 saturated heterocycles. The molecule has 0 bridgehead atoms. The number of nitrogens with one attached hydrogen (secondary N) is 2. The third kappa shape index (κ3) is 4.76. The minimum atomic E-state index is -4.27. The first-order valence-electron chi connectivity index (χ1n) is 9.05. The molecule has 2 N–H and O–H groups in total. The highest BCUT2D eigenvalue weighted by atomic mass is 32.2. The number of rotatable bonds is 9. The highest BCUT2D eigenvalue weighted by molar-refractivity contribution is 7.93. The molecule has 0 spiro atoms. The Morgan fingerprint density at radius 1 is 1.40 bits per heavy atom. The average Bonchev–Trinajstić information content (AvgIpc) is 3.31. The lowest BCUT2D eigenvalue weighted by Gasteiger charge is -2.09. The van der Waals surface area contributed by atoms with Crippen molar-refractivity contribution in [2.45, 2.75) is 31.6 Å². The van der Waals surface area contributed by atoms with Gasteiger partial charge in [0, 0.05) is 30.2 Å². The lowest BCUT2D eigenvalue weighted by atomic mass is 10.1. The summed E-state index contributed by atoms with van der Waals surface area (Å²) in [5.74, 6) is -1.80. The molecule has 3 aromatic rings. The van der Waals surface area contributed by atoms with Crippen molar-refractivity contribution in [3.05, 3.63) is 58.6 Å². The lowest BCUT2D eigenvalue weighted by Crippen LogP contribution is -2.26. The smallest absolute Gasteiger partial charge is 0.406 e. The summed E-state index contributed by atoms with van der Waals surface area (Å²) in [5.41, 5.74) is 4.10. The lowest BCUT2D eigenvalue weighted by molar-refractivity contribution is 0.525. The van der Waals surface area contributed by atoms with Gasteiger partial charge in [-0.05, 0) is 19.8 Å². The molecule has 9 nitrogen and oxygen atoms in total. The normalized spacial score (nSPS) is 12.7. The number of sulfonamides is 1. The van der Waals surface area contributed by atoms with E-state index in [1.165, 1.54) is 11.9 Å². The van der Waals surface area contributed by atoms with Crippen molar-refractivity contribution in [1.29, 1.82) is 0 Å². The van der Waals surface area contributed by atoms with Crippen molar-refractivity contribution in [3.63, 3.8) is 0 Å². The first-order chi connectivity index (χ1) is 14.4. The number of hydrogen-bond acceptors (Lipinski definition) is 8. The first kappa shape index (κ1) is 21.7. The van der Waals surface area contributed by atoms with Crippen LogP contribution in [0.3, 0.4) is 0 Å². The minimum Gasteiger partial charge on any atom is -0.406 e. The van der Waals surface area contributed by atoms with Crippen molar-refractivity contribution in [1.82, 2.24) is 14.0 Å². The van der Waals surface area contributed by atoms with Crippen molar-refractivity contribution < 1.29 is 17.2 Å². The van der Waals surface area contributed by atoms with E-state index in [4.69, 9.17) is 4.42 Å². The predicted molar refractivity (Wildman–Crippen MR) is 113 cm³/mol. The van der Waals surface area contributed by atoms with Crippen LogP contribution in [-0.2, 0) is 10.0 Å². The molecule has 0 aliphatic carbocycles. The van der Waals surface area contributed by atoms with E-state index in [-0.39, 0.29) is 16.2 Å². The number of oxazole rings is 1. The Labute approximate surface area is 176 Å². The number of nitrogens with zero attached hydrogens (tertiary/aromatic N) is 3. The average molecular weight is 454 g/mol. The standard InChI is InChI=1S/C18H20FN5O4S2/c1-3-5-6-12(4-2)7-8-21-24-14-9-13(19)16(10-15(14)28-18(24)25)30(26,27)23-17-20-11-22-29-17/h3,5-6,9-11,21H,4,7-8H2,1-2H3,(H,20,22,23)/b5-3-,12-6+. The number of aromatic nitrogens is 3. The Hall–Kier alpha value is -2.99. The molecule has 0 aliphatic rings. The van der Waals surface area contributed by atoms with Crippen LogP contribution in [0.5, 0.6) is 0 Å². The van der Waals surface area contributed by atoms with Gasteiger partial charge in [0.05, 0.1) is 0 Å². The molecule has 0 radical (unpaired) electrons. The largest absolute Gasteiger partial charge is 0.438 e. The summed E-state index contributed by atoms with van der Waals surface area (Å²) in [4.78, 5) is 15.2. The number of halogens is 1. The number of fused-ring (bicyclic) bond motifs is 1. The van der Waals surface area contributed by atoms with Crippen LogP contribution >= 0.6 is 11.5 Å². The van der Waals surface area contributed by atoms with Crippen LogP contribution in [0.4, 0.5) is 9.52 Å². The minimum absolute atomic E-state index is 0.00659. The molecule has 0 saturated carbocycles. The molecule has 0 aliphatic heterocycles. The van der Waals surface area contributed by atoms with Crippen LogP contribution in [0.2, 0.25) is 0 Å². The molecule has 2 heterocycles. The zero-order valence-corrected chi connectivity index (χ0v) is 17.9. The van der Waals surface area contributed by atoms with E-state index in [0.717, 1.165) is 34.8 Å². The maximum atomic E-state index is 14.6. The molecule has 1 aromatic carbocycles. The molecular weight excluding hydrogens is 433 g/mol. The summed E-state index contributed by atoms with van der Waals surface area (Å²) in [7, 11) is -4.27. The summed E-state index contributed by atoms with van der Waals surface area (Å²) in [6.07, 6.45) is 8.55. The van der Waals surface area contributed by atoms with Crippen LogP contribution in [0, 0.1) is 5.82 Å². The van der Waals surface area contributed by atoms with Crippen LogP contribution in [0.15, 0.2) is 56.4 Å². The predicted octanol–water partition coefficient (Wildman–Crippen LogP) is 3.23. The third-order valence-corrected chi connectivity index (χ3v) is 6.26. The second-order valence-electron chi connectivity index (χ2n) is 6.17. The Morgan fingerprint density at radius 3 is 2.87 bits per heavy atom. The fourth-order valence-electron chi connectivity index (χ4n) is 2.70. The molecule has 30 heavy (non-hydrogen) atoms. The van der Waals surface area contributed by atoms with E-state index in [1.807, 2.05) is 32.1 Å². The highest BCUT2D eigenvalue weighted by Gasteiger charge is 2.24. The van der Waals surface area contributed by atoms with Crippen molar-refractivity contribution >= 4 is 37.8 Å². The molecule has 2 aromatic heterocycles. The van der Waals surface area contributed by atoms with Crippen molar-refractivity contribution in [3.8, 4) is 0 Å². The maximum absolute atomic E-state index is 14.6. The van der Waals surface area contributed by atoms with E-state index in [2.05, 4.69) is 19.5 Å². The van der Waals surface area contributed by atoms with Gasteiger partial charge in [-0.15, -0.1) is 0 Å². The second kappa shape index (κ2) is 9.22. The molecular formula is C18H20FN5O4S2. The maximum Gasteiger partial charge on any atom is 0.438 e. The number of allylic oxidation sites excluding steroid dienone is 3. The van der Waals surface area contributed by atoms with Crippen LogP contribution < -0.4 is 15.9 Å². The second-order valence-corrected chi connectivity index (χ2v) is 8.60. The number of anilines is 1. The van der Waals surface area contributed by atoms with Gasteiger partial charge in [-0.1, -0.05) is 30.7 Å². The summed E-state index contributed by atoms with van der Waals surface area (Å²) >= 11 is 0.808. The van der Waals surface area contributed by atoms with E-state index in [1.54, 1.807) is 0 Å². The highest BCUT2D eigenvalue weighted by Crippen LogP contribution is 2.24. The Kier molecular flexibility index (Phi) is 6.67.